The first-order valence-corrected chi connectivity index (χ1v) is 9.72. The number of anilines is 1. The monoisotopic (exact) mass is 407 g/mol. The van der Waals surface area contributed by atoms with Crippen molar-refractivity contribution in [2.75, 3.05) is 11.9 Å². The van der Waals surface area contributed by atoms with E-state index in [-0.39, 0.29) is 5.91 Å². The number of rotatable bonds is 3. The number of hydrogen-bond donors (Lipinski definition) is 3. The molecule has 4 rings (SSSR count). The fourth-order valence-electron chi connectivity index (χ4n) is 3.17. The summed E-state index contributed by atoms with van der Waals surface area (Å²) in [4.78, 5) is 26.6. The molecule has 9 nitrogen and oxygen atoms in total. The largest absolute Gasteiger partial charge is 0.503 e. The molecule has 150 valence electrons. The lowest BCUT2D eigenvalue weighted by Gasteiger charge is -2.13. The van der Waals surface area contributed by atoms with Crippen molar-refractivity contribution in [2.45, 2.75) is 45.6 Å². The number of hydrogen-bond acceptors (Lipinski definition) is 7. The molecule has 1 amide bonds. The van der Waals surface area contributed by atoms with Crippen LogP contribution in [0.5, 0.6) is 0 Å². The lowest BCUT2D eigenvalue weighted by atomic mass is 9.99. The summed E-state index contributed by atoms with van der Waals surface area (Å²) in [5, 5.41) is 21.7. The second-order valence-electron chi connectivity index (χ2n) is 6.37. The van der Waals surface area contributed by atoms with E-state index in [1.165, 1.54) is 0 Å². The number of aryl methyl sites for hydroxylation is 1. The van der Waals surface area contributed by atoms with Crippen molar-refractivity contribution in [2.24, 2.45) is 0 Å². The van der Waals surface area contributed by atoms with Gasteiger partial charge in [0, 0.05) is 10.5 Å². The van der Waals surface area contributed by atoms with E-state index in [0.717, 1.165) is 58.7 Å². The van der Waals surface area contributed by atoms with Crippen molar-refractivity contribution >= 4 is 28.4 Å². The molecule has 1 aliphatic heterocycles. The molecule has 3 heterocycles. The van der Waals surface area contributed by atoms with Crippen molar-refractivity contribution < 1.29 is 29.1 Å². The number of thiophene rings is 1. The second kappa shape index (κ2) is 8.98. The molecule has 2 aromatic heterocycles. The summed E-state index contributed by atoms with van der Waals surface area (Å²) in [5.74, 6) is 1.04. The van der Waals surface area contributed by atoms with Gasteiger partial charge in [0.2, 0.25) is 0 Å². The summed E-state index contributed by atoms with van der Waals surface area (Å²) in [7, 11) is 0. The molecule has 0 saturated carbocycles. The minimum Gasteiger partial charge on any atom is -0.450 e. The first-order chi connectivity index (χ1) is 13.5. The smallest absolute Gasteiger partial charge is 0.450 e. The molecule has 0 atom stereocenters. The highest BCUT2D eigenvalue weighted by Gasteiger charge is 2.27. The third-order valence-corrected chi connectivity index (χ3v) is 5.49. The molecular weight excluding hydrogens is 386 g/mol. The lowest BCUT2D eigenvalue weighted by Crippen LogP contribution is -2.15. The predicted octanol–water partition coefficient (Wildman–Crippen LogP) is 3.84. The van der Waals surface area contributed by atoms with Gasteiger partial charge in [0.15, 0.2) is 5.82 Å². The molecule has 10 heteroatoms. The Balaban J connectivity index is 0.000000516. The number of carbonyl (C=O) groups is 2. The van der Waals surface area contributed by atoms with Gasteiger partial charge in [-0.05, 0) is 44.6 Å². The number of allylic oxidation sites excluding steroid dienone is 1. The van der Waals surface area contributed by atoms with Gasteiger partial charge in [-0.2, -0.15) is 4.98 Å². The Hall–Kier alpha value is -2.72. The molecule has 3 N–H and O–H groups in total. The Morgan fingerprint density at radius 3 is 2.68 bits per heavy atom. The van der Waals surface area contributed by atoms with Gasteiger partial charge in [0.05, 0.1) is 18.8 Å². The molecule has 0 spiro atoms. The van der Waals surface area contributed by atoms with Crippen LogP contribution >= 0.6 is 11.3 Å². The molecule has 28 heavy (non-hydrogen) atoms. The van der Waals surface area contributed by atoms with E-state index in [1.54, 1.807) is 18.3 Å². The molecule has 0 unspecified atom stereocenters. The number of carboxylic acid groups (broad SMARTS) is 2. The highest BCUT2D eigenvalue weighted by atomic mass is 32.1. The number of ether oxygens (including phenoxy) is 1. The Morgan fingerprint density at radius 1 is 1.25 bits per heavy atom. The van der Waals surface area contributed by atoms with Gasteiger partial charge < -0.3 is 24.8 Å². The summed E-state index contributed by atoms with van der Waals surface area (Å²) >= 11 is 1.55. The molecule has 1 aliphatic carbocycles. The van der Waals surface area contributed by atoms with Crippen molar-refractivity contribution in [1.82, 2.24) is 10.1 Å². The van der Waals surface area contributed by atoms with E-state index in [1.807, 2.05) is 6.08 Å². The van der Waals surface area contributed by atoms with Crippen molar-refractivity contribution in [3.05, 3.63) is 27.9 Å². The van der Waals surface area contributed by atoms with E-state index < -0.39 is 6.16 Å². The zero-order chi connectivity index (χ0) is 20.1. The Morgan fingerprint density at radius 2 is 2.04 bits per heavy atom. The van der Waals surface area contributed by atoms with Crippen LogP contribution < -0.4 is 5.32 Å². The average molecular weight is 407 g/mol. The van der Waals surface area contributed by atoms with Gasteiger partial charge in [-0.1, -0.05) is 11.2 Å². The van der Waals surface area contributed by atoms with Gasteiger partial charge >= 0.3 is 6.16 Å². The first-order valence-electron chi connectivity index (χ1n) is 8.91. The topological polar surface area (TPSA) is 135 Å². The van der Waals surface area contributed by atoms with Crippen LogP contribution in [0.1, 0.15) is 41.9 Å². The fourth-order valence-corrected chi connectivity index (χ4v) is 4.35. The van der Waals surface area contributed by atoms with Crippen LogP contribution in [-0.4, -0.2) is 39.0 Å². The summed E-state index contributed by atoms with van der Waals surface area (Å²) in [6.45, 7) is 3.03. The molecule has 2 aromatic rings. The van der Waals surface area contributed by atoms with E-state index in [2.05, 4.69) is 15.5 Å². The average Bonchev–Trinajstić information content (AvgIpc) is 3.24. The van der Waals surface area contributed by atoms with Gasteiger partial charge in [-0.25, -0.2) is 4.79 Å². The van der Waals surface area contributed by atoms with Gasteiger partial charge in [0.1, 0.15) is 5.00 Å². The number of aromatic nitrogens is 2. The molecule has 0 aromatic carbocycles. The second-order valence-corrected chi connectivity index (χ2v) is 7.47. The Bertz CT molecular complexity index is 897. The number of fused-ring (bicyclic) bond motifs is 1. The first kappa shape index (κ1) is 20.0. The maximum atomic E-state index is 12.6. The summed E-state index contributed by atoms with van der Waals surface area (Å²) < 4.78 is 10.9. The van der Waals surface area contributed by atoms with Crippen LogP contribution in [0.4, 0.5) is 9.80 Å². The minimum absolute atomic E-state index is 0.0216. The maximum Gasteiger partial charge on any atom is 0.503 e. The summed E-state index contributed by atoms with van der Waals surface area (Å²) in [5.41, 5.74) is 2.89. The summed E-state index contributed by atoms with van der Waals surface area (Å²) in [6.07, 6.45) is 5.06. The molecule has 0 fully saturated rings. The Labute approximate surface area is 165 Å². The van der Waals surface area contributed by atoms with Crippen molar-refractivity contribution in [3.63, 3.8) is 0 Å². The van der Waals surface area contributed by atoms with Crippen molar-refractivity contribution in [1.29, 1.82) is 0 Å². The molecule has 0 radical (unpaired) electrons. The zero-order valence-corrected chi connectivity index (χ0v) is 16.2. The van der Waals surface area contributed by atoms with Crippen LogP contribution in [0.25, 0.3) is 11.5 Å². The van der Waals surface area contributed by atoms with Crippen molar-refractivity contribution in [3.8, 4) is 11.5 Å². The normalized spacial score (nSPS) is 15.7. The third-order valence-electron chi connectivity index (χ3n) is 4.37. The third kappa shape index (κ3) is 4.76. The van der Waals surface area contributed by atoms with Crippen LogP contribution in [-0.2, 0) is 22.6 Å². The maximum absolute atomic E-state index is 12.6. The zero-order valence-electron chi connectivity index (χ0n) is 15.4. The standard InChI is InChI=1S/C17H19N3O3S.CH2O3/c1-10-18-16(23-20-10)14-12-7-8-22-9-13(12)24-17(14)19-15(21)11-5-3-2-4-6-11;2-1(3)4/h5H,2-4,6-9H2,1H3,(H,19,21);(H2,2,3,4). The molecule has 0 bridgehead atoms. The SMILES string of the molecule is Cc1noc(-c2c(NC(=O)C3=CCCCC3)sc3c2CCOC3)n1.O=C(O)O. The highest BCUT2D eigenvalue weighted by Crippen LogP contribution is 2.42. The van der Waals surface area contributed by atoms with Gasteiger partial charge in [0.25, 0.3) is 11.8 Å². The molecule has 2 aliphatic rings. The molecule has 0 saturated heterocycles. The number of amides is 1. The predicted molar refractivity (Wildman–Crippen MR) is 102 cm³/mol. The van der Waals surface area contributed by atoms with E-state index >= 15 is 0 Å². The van der Waals surface area contributed by atoms with E-state index in [9.17, 15) is 4.79 Å². The Kier molecular flexibility index (Phi) is 6.42. The number of nitrogens with one attached hydrogen (secondary N) is 1. The van der Waals surface area contributed by atoms with Crippen LogP contribution in [0, 0.1) is 6.92 Å². The van der Waals surface area contributed by atoms with Gasteiger partial charge in [-0.15, -0.1) is 11.3 Å². The summed E-state index contributed by atoms with van der Waals surface area (Å²) in [6, 6.07) is 0. The molecular formula is C18H21N3O6S. The van der Waals surface area contributed by atoms with Crippen LogP contribution in [0.3, 0.4) is 0 Å². The quantitative estimate of drug-likeness (QED) is 0.698. The lowest BCUT2D eigenvalue weighted by molar-refractivity contribution is -0.113. The van der Waals surface area contributed by atoms with Gasteiger partial charge in [-0.3, -0.25) is 4.79 Å². The number of nitrogens with zero attached hydrogens (tertiary/aromatic N) is 2. The van der Waals surface area contributed by atoms with E-state index in [0.29, 0.717) is 24.9 Å². The van der Waals surface area contributed by atoms with E-state index in [4.69, 9.17) is 24.3 Å². The minimum atomic E-state index is -1.83. The van der Waals surface area contributed by atoms with Crippen LogP contribution in [0.2, 0.25) is 0 Å². The highest BCUT2D eigenvalue weighted by molar-refractivity contribution is 7.17. The van der Waals surface area contributed by atoms with Crippen LogP contribution in [0.15, 0.2) is 16.2 Å². The fraction of sp³-hybridized carbons (Fsp3) is 0.444. The number of carbonyl (C=O) groups excluding carboxylic acids is 1.